The Hall–Kier alpha value is -1.10. The number of ether oxygens (including phenoxy) is 1. The lowest BCUT2D eigenvalue weighted by Gasteiger charge is -2.13. The van der Waals surface area contributed by atoms with E-state index in [2.05, 4.69) is 4.72 Å². The molecule has 0 radical (unpaired) electrons. The van der Waals surface area contributed by atoms with E-state index in [4.69, 9.17) is 27.9 Å². The molecule has 2 nitrogen and oxygen atoms in total. The molecule has 0 saturated carbocycles. The summed E-state index contributed by atoms with van der Waals surface area (Å²) in [5.74, 6) is 0.234. The van der Waals surface area contributed by atoms with Gasteiger partial charge in [0.15, 0.2) is 5.75 Å². The number of hydrogen-bond donors (Lipinski definition) is 1. The minimum atomic E-state index is -0.296. The van der Waals surface area contributed by atoms with E-state index in [1.807, 2.05) is 6.92 Å². The minimum Gasteiger partial charge on any atom is -0.494 e. The van der Waals surface area contributed by atoms with E-state index in [1.54, 1.807) is 18.2 Å². The van der Waals surface area contributed by atoms with E-state index < -0.39 is 0 Å². The number of benzene rings is 2. The third-order valence-corrected chi connectivity index (χ3v) is 3.99. The van der Waals surface area contributed by atoms with Gasteiger partial charge in [-0.2, -0.15) is 0 Å². The van der Waals surface area contributed by atoms with Crippen molar-refractivity contribution in [3.05, 3.63) is 51.8 Å². The fraction of sp³-hybridized carbons (Fsp3) is 0.143. The van der Waals surface area contributed by atoms with Gasteiger partial charge in [-0.3, -0.25) is 0 Å². The first-order chi connectivity index (χ1) is 9.51. The molecule has 0 aromatic heterocycles. The highest BCUT2D eigenvalue weighted by atomic mass is 35.5. The van der Waals surface area contributed by atoms with Crippen LogP contribution in [0.3, 0.4) is 0 Å². The van der Waals surface area contributed by atoms with E-state index in [1.165, 1.54) is 31.2 Å². The van der Waals surface area contributed by atoms with E-state index in [9.17, 15) is 4.39 Å². The van der Waals surface area contributed by atoms with Crippen LogP contribution in [-0.4, -0.2) is 7.11 Å². The third kappa shape index (κ3) is 3.51. The highest BCUT2D eigenvalue weighted by molar-refractivity contribution is 8.00. The number of halogens is 3. The zero-order chi connectivity index (χ0) is 14.7. The van der Waals surface area contributed by atoms with Gasteiger partial charge in [-0.15, -0.1) is 0 Å². The average molecular weight is 332 g/mol. The first-order valence-electron chi connectivity index (χ1n) is 5.73. The molecule has 2 aromatic carbocycles. The molecule has 106 valence electrons. The van der Waals surface area contributed by atoms with Gasteiger partial charge < -0.3 is 9.46 Å². The van der Waals surface area contributed by atoms with Crippen LogP contribution in [0.15, 0.2) is 35.2 Å². The maximum Gasteiger partial charge on any atom is 0.152 e. The summed E-state index contributed by atoms with van der Waals surface area (Å²) in [5.41, 5.74) is 1.62. The number of aryl methyl sites for hydroxylation is 1. The van der Waals surface area contributed by atoms with E-state index in [-0.39, 0.29) is 5.82 Å². The number of nitrogens with one attached hydrogen (secondary N) is 1. The Bertz CT molecular complexity index is 637. The van der Waals surface area contributed by atoms with Gasteiger partial charge in [-0.1, -0.05) is 29.3 Å². The van der Waals surface area contributed by atoms with Crippen LogP contribution >= 0.6 is 35.1 Å². The Morgan fingerprint density at radius 3 is 2.65 bits per heavy atom. The standard InChI is InChI=1S/C14H12Cl2FNOS/c1-8-3-4-10(17)7-12(8)18-20-13-6-9(15)5-11(16)14(13)19-2/h3-7,18H,1-2H3. The summed E-state index contributed by atoms with van der Waals surface area (Å²) in [6.07, 6.45) is 0. The summed E-state index contributed by atoms with van der Waals surface area (Å²) in [7, 11) is 1.53. The molecule has 2 aromatic rings. The van der Waals surface area contributed by atoms with Crippen LogP contribution in [-0.2, 0) is 0 Å². The Morgan fingerprint density at radius 1 is 1.20 bits per heavy atom. The lowest BCUT2D eigenvalue weighted by molar-refractivity contribution is 0.405. The number of methoxy groups -OCH3 is 1. The van der Waals surface area contributed by atoms with Gasteiger partial charge in [0.05, 0.1) is 22.7 Å². The predicted molar refractivity (Wildman–Crippen MR) is 83.6 cm³/mol. The van der Waals surface area contributed by atoms with Gasteiger partial charge in [-0.25, -0.2) is 4.39 Å². The quantitative estimate of drug-likeness (QED) is 0.740. The van der Waals surface area contributed by atoms with Crippen molar-refractivity contribution in [2.24, 2.45) is 0 Å². The summed E-state index contributed by atoms with van der Waals surface area (Å²) in [6.45, 7) is 1.89. The fourth-order valence-corrected chi connectivity index (χ4v) is 3.23. The molecule has 0 atom stereocenters. The Morgan fingerprint density at radius 2 is 1.95 bits per heavy atom. The van der Waals surface area contributed by atoms with Crippen LogP contribution < -0.4 is 9.46 Å². The van der Waals surface area contributed by atoms with Gasteiger partial charge in [0.2, 0.25) is 0 Å². The van der Waals surface area contributed by atoms with Gasteiger partial charge in [0.1, 0.15) is 5.82 Å². The highest BCUT2D eigenvalue weighted by Gasteiger charge is 2.11. The van der Waals surface area contributed by atoms with Crippen molar-refractivity contribution >= 4 is 40.8 Å². The molecule has 0 fully saturated rings. The molecule has 0 saturated heterocycles. The molecule has 0 aliphatic rings. The molecule has 2 rings (SSSR count). The van der Waals surface area contributed by atoms with Gasteiger partial charge in [0.25, 0.3) is 0 Å². The van der Waals surface area contributed by atoms with Crippen molar-refractivity contribution in [3.63, 3.8) is 0 Å². The van der Waals surface area contributed by atoms with Crippen molar-refractivity contribution in [2.45, 2.75) is 11.8 Å². The van der Waals surface area contributed by atoms with Gasteiger partial charge in [0, 0.05) is 5.02 Å². The summed E-state index contributed by atoms with van der Waals surface area (Å²) in [4.78, 5) is 0.730. The topological polar surface area (TPSA) is 21.3 Å². The molecule has 0 aliphatic heterocycles. The largest absolute Gasteiger partial charge is 0.494 e. The number of hydrogen-bond acceptors (Lipinski definition) is 3. The summed E-state index contributed by atoms with van der Waals surface area (Å²) >= 11 is 13.3. The Kier molecular flexibility index (Phi) is 5.02. The van der Waals surface area contributed by atoms with Crippen molar-refractivity contribution < 1.29 is 9.13 Å². The maximum atomic E-state index is 13.2. The third-order valence-electron chi connectivity index (χ3n) is 2.65. The zero-order valence-electron chi connectivity index (χ0n) is 10.8. The summed E-state index contributed by atoms with van der Waals surface area (Å²) < 4.78 is 21.6. The number of anilines is 1. The SMILES string of the molecule is COc1c(Cl)cc(Cl)cc1SNc1cc(F)ccc1C. The second kappa shape index (κ2) is 6.57. The molecule has 6 heteroatoms. The monoisotopic (exact) mass is 331 g/mol. The predicted octanol–water partition coefficient (Wildman–Crippen LogP) is 5.57. The highest BCUT2D eigenvalue weighted by Crippen LogP contribution is 2.38. The molecular formula is C14H12Cl2FNOS. The summed E-state index contributed by atoms with van der Waals surface area (Å²) in [5, 5.41) is 0.941. The van der Waals surface area contributed by atoms with E-state index in [0.717, 1.165) is 10.5 Å². The van der Waals surface area contributed by atoms with Crippen LogP contribution in [0.4, 0.5) is 10.1 Å². The Balaban J connectivity index is 2.24. The molecule has 1 N–H and O–H groups in total. The van der Waals surface area contributed by atoms with Crippen molar-refractivity contribution in [1.82, 2.24) is 0 Å². The van der Waals surface area contributed by atoms with E-state index in [0.29, 0.717) is 21.5 Å². The van der Waals surface area contributed by atoms with Crippen molar-refractivity contribution in [2.75, 3.05) is 11.8 Å². The van der Waals surface area contributed by atoms with Gasteiger partial charge >= 0.3 is 0 Å². The average Bonchev–Trinajstić information content (AvgIpc) is 2.39. The molecule has 0 bridgehead atoms. The molecule has 0 amide bonds. The van der Waals surface area contributed by atoms with Crippen LogP contribution in [0, 0.1) is 12.7 Å². The lowest BCUT2D eigenvalue weighted by atomic mass is 10.2. The van der Waals surface area contributed by atoms with Crippen LogP contribution in [0.1, 0.15) is 5.56 Å². The second-order valence-corrected chi connectivity index (χ2v) is 5.77. The molecule has 0 unspecified atom stereocenters. The number of rotatable bonds is 4. The van der Waals surface area contributed by atoms with Crippen LogP contribution in [0.5, 0.6) is 5.75 Å². The minimum absolute atomic E-state index is 0.296. The van der Waals surface area contributed by atoms with Crippen LogP contribution in [0.2, 0.25) is 10.0 Å². The second-order valence-electron chi connectivity index (χ2n) is 4.08. The molecule has 20 heavy (non-hydrogen) atoms. The first-order valence-corrected chi connectivity index (χ1v) is 7.30. The fourth-order valence-electron chi connectivity index (χ4n) is 1.62. The smallest absolute Gasteiger partial charge is 0.152 e. The van der Waals surface area contributed by atoms with Gasteiger partial charge in [-0.05, 0) is 48.7 Å². The maximum absolute atomic E-state index is 13.2. The molecule has 0 aliphatic carbocycles. The molecule has 0 heterocycles. The zero-order valence-corrected chi connectivity index (χ0v) is 13.2. The van der Waals surface area contributed by atoms with E-state index >= 15 is 0 Å². The lowest BCUT2D eigenvalue weighted by Crippen LogP contribution is -1.94. The Labute approximate surface area is 131 Å². The van der Waals surface area contributed by atoms with Crippen LogP contribution in [0.25, 0.3) is 0 Å². The first kappa shape index (κ1) is 15.3. The molecule has 0 spiro atoms. The normalized spacial score (nSPS) is 10.4. The van der Waals surface area contributed by atoms with Crippen molar-refractivity contribution in [1.29, 1.82) is 0 Å². The molecular weight excluding hydrogens is 320 g/mol. The van der Waals surface area contributed by atoms with Crippen molar-refractivity contribution in [3.8, 4) is 5.75 Å². The summed E-state index contributed by atoms with van der Waals surface area (Å²) in [6, 6.07) is 7.90.